The highest BCUT2D eigenvalue weighted by Crippen LogP contribution is 2.23. The minimum absolute atomic E-state index is 0.0110. The molecule has 0 amide bonds. The van der Waals surface area contributed by atoms with Crippen molar-refractivity contribution in [2.75, 3.05) is 25.0 Å². The molecule has 0 unspecified atom stereocenters. The second kappa shape index (κ2) is 7.71. The third-order valence-corrected chi connectivity index (χ3v) is 4.26. The van der Waals surface area contributed by atoms with E-state index in [1.165, 1.54) is 37.2 Å². The molecule has 1 aliphatic heterocycles. The van der Waals surface area contributed by atoms with Gasteiger partial charge in [-0.15, -0.1) is 0 Å². The molecular formula is C19H32N4. The molecule has 0 spiro atoms. The second-order valence-corrected chi connectivity index (χ2v) is 7.64. The first-order chi connectivity index (χ1) is 10.9. The zero-order valence-corrected chi connectivity index (χ0v) is 15.3. The molecule has 4 heteroatoms. The fraction of sp³-hybridized carbons (Fsp3) is 0.632. The average molecular weight is 316 g/mol. The number of aliphatic imine (C=N–C) groups is 1. The van der Waals surface area contributed by atoms with Gasteiger partial charge in [-0.05, 0) is 57.2 Å². The fourth-order valence-corrected chi connectivity index (χ4v) is 2.81. The summed E-state index contributed by atoms with van der Waals surface area (Å²) in [6.45, 7) is 11.9. The highest BCUT2D eigenvalue weighted by molar-refractivity contribution is 5.80. The van der Waals surface area contributed by atoms with Gasteiger partial charge in [0.15, 0.2) is 5.96 Å². The Morgan fingerprint density at radius 3 is 2.30 bits per heavy atom. The van der Waals surface area contributed by atoms with Crippen LogP contribution in [0.4, 0.5) is 5.69 Å². The van der Waals surface area contributed by atoms with Crippen LogP contribution in [-0.4, -0.2) is 31.6 Å². The Kier molecular flexibility index (Phi) is 5.91. The molecule has 0 saturated carbocycles. The molecule has 23 heavy (non-hydrogen) atoms. The Balaban J connectivity index is 1.87. The van der Waals surface area contributed by atoms with Gasteiger partial charge in [-0.25, -0.2) is 0 Å². The van der Waals surface area contributed by atoms with Crippen molar-refractivity contribution in [2.24, 2.45) is 10.9 Å². The molecule has 0 bridgehead atoms. The quantitative estimate of drug-likeness (QED) is 0.663. The number of benzene rings is 1. The largest absolute Gasteiger partial charge is 0.372 e. The Bertz CT molecular complexity index is 505. The zero-order chi connectivity index (χ0) is 16.9. The van der Waals surface area contributed by atoms with Gasteiger partial charge in [0.25, 0.3) is 0 Å². The molecular weight excluding hydrogens is 284 g/mol. The maximum absolute atomic E-state index is 4.27. The van der Waals surface area contributed by atoms with E-state index in [0.717, 1.165) is 18.4 Å². The van der Waals surface area contributed by atoms with Crippen LogP contribution in [0, 0.1) is 5.92 Å². The molecule has 0 aliphatic carbocycles. The molecule has 1 aliphatic rings. The van der Waals surface area contributed by atoms with E-state index in [2.05, 4.69) is 72.5 Å². The lowest BCUT2D eigenvalue weighted by Gasteiger charge is -2.32. The van der Waals surface area contributed by atoms with Crippen molar-refractivity contribution in [3.8, 4) is 0 Å². The van der Waals surface area contributed by atoms with Crippen LogP contribution < -0.4 is 15.5 Å². The van der Waals surface area contributed by atoms with Gasteiger partial charge in [0.05, 0.1) is 0 Å². The Morgan fingerprint density at radius 2 is 1.78 bits per heavy atom. The highest BCUT2D eigenvalue weighted by Gasteiger charge is 2.16. The van der Waals surface area contributed by atoms with Crippen molar-refractivity contribution >= 4 is 11.6 Å². The molecule has 0 atom stereocenters. The highest BCUT2D eigenvalue weighted by atomic mass is 15.2. The molecule has 2 rings (SSSR count). The van der Waals surface area contributed by atoms with Crippen LogP contribution in [0.2, 0.25) is 0 Å². The minimum atomic E-state index is 0.0110. The van der Waals surface area contributed by atoms with E-state index in [1.54, 1.807) is 0 Å². The summed E-state index contributed by atoms with van der Waals surface area (Å²) in [5.41, 5.74) is 2.63. The molecule has 0 aromatic heterocycles. The molecule has 0 radical (unpaired) electrons. The predicted molar refractivity (Wildman–Crippen MR) is 100 cm³/mol. The first-order valence-corrected chi connectivity index (χ1v) is 8.70. The number of hydrogen-bond acceptors (Lipinski definition) is 2. The monoisotopic (exact) mass is 316 g/mol. The standard InChI is InChI=1S/C19H32N4/c1-15-10-12-23(13-11-15)17-8-6-16(7-9-17)14-21-18(20-5)22-19(2,3)4/h6-9,15H,10-14H2,1-5H3,(H2,20,21,22). The molecule has 1 heterocycles. The number of hydrogen-bond donors (Lipinski definition) is 2. The van der Waals surface area contributed by atoms with Gasteiger partial charge in [-0.3, -0.25) is 4.99 Å². The summed E-state index contributed by atoms with van der Waals surface area (Å²) in [7, 11) is 1.81. The topological polar surface area (TPSA) is 39.7 Å². The number of guanidine groups is 1. The van der Waals surface area contributed by atoms with Gasteiger partial charge in [0.2, 0.25) is 0 Å². The van der Waals surface area contributed by atoms with Crippen molar-refractivity contribution in [3.05, 3.63) is 29.8 Å². The number of piperidine rings is 1. The lowest BCUT2D eigenvalue weighted by molar-refractivity contribution is 0.438. The van der Waals surface area contributed by atoms with E-state index in [0.29, 0.717) is 0 Å². The van der Waals surface area contributed by atoms with E-state index >= 15 is 0 Å². The van der Waals surface area contributed by atoms with Crippen molar-refractivity contribution in [1.82, 2.24) is 10.6 Å². The predicted octanol–water partition coefficient (Wildman–Crippen LogP) is 3.39. The van der Waals surface area contributed by atoms with Gasteiger partial charge in [0, 0.05) is 37.9 Å². The van der Waals surface area contributed by atoms with Crippen molar-refractivity contribution < 1.29 is 0 Å². The van der Waals surface area contributed by atoms with Gasteiger partial charge < -0.3 is 15.5 Å². The summed E-state index contributed by atoms with van der Waals surface area (Å²) in [6.07, 6.45) is 2.61. The summed E-state index contributed by atoms with van der Waals surface area (Å²) in [6, 6.07) is 8.91. The van der Waals surface area contributed by atoms with Crippen LogP contribution >= 0.6 is 0 Å². The van der Waals surface area contributed by atoms with Crippen LogP contribution in [0.5, 0.6) is 0 Å². The van der Waals surface area contributed by atoms with Crippen LogP contribution in [0.15, 0.2) is 29.3 Å². The zero-order valence-electron chi connectivity index (χ0n) is 15.3. The van der Waals surface area contributed by atoms with Crippen molar-refractivity contribution in [2.45, 2.75) is 52.6 Å². The third kappa shape index (κ3) is 5.77. The van der Waals surface area contributed by atoms with Crippen LogP contribution in [0.1, 0.15) is 46.1 Å². The lowest BCUT2D eigenvalue weighted by atomic mass is 9.99. The SMILES string of the molecule is CN=C(NCc1ccc(N2CCC(C)CC2)cc1)NC(C)(C)C. The van der Waals surface area contributed by atoms with E-state index in [1.807, 2.05) is 7.05 Å². The molecule has 1 aromatic rings. The Hall–Kier alpha value is -1.71. The molecule has 1 aromatic carbocycles. The van der Waals surface area contributed by atoms with Gasteiger partial charge in [0.1, 0.15) is 0 Å². The van der Waals surface area contributed by atoms with Crippen LogP contribution in [0.3, 0.4) is 0 Å². The maximum Gasteiger partial charge on any atom is 0.191 e. The summed E-state index contributed by atoms with van der Waals surface area (Å²) < 4.78 is 0. The van der Waals surface area contributed by atoms with E-state index in [4.69, 9.17) is 0 Å². The Morgan fingerprint density at radius 1 is 1.17 bits per heavy atom. The number of nitrogens with zero attached hydrogens (tertiary/aromatic N) is 2. The molecule has 1 fully saturated rings. The summed E-state index contributed by atoms with van der Waals surface area (Å²) in [5.74, 6) is 1.71. The Labute approximate surface area is 141 Å². The van der Waals surface area contributed by atoms with E-state index < -0.39 is 0 Å². The first kappa shape index (κ1) is 17.6. The first-order valence-electron chi connectivity index (χ1n) is 8.70. The van der Waals surface area contributed by atoms with Crippen LogP contribution in [-0.2, 0) is 6.54 Å². The average Bonchev–Trinajstić information content (AvgIpc) is 2.52. The smallest absolute Gasteiger partial charge is 0.191 e. The summed E-state index contributed by atoms with van der Waals surface area (Å²) >= 11 is 0. The lowest BCUT2D eigenvalue weighted by Crippen LogP contribution is -2.47. The molecule has 128 valence electrons. The van der Waals surface area contributed by atoms with E-state index in [-0.39, 0.29) is 5.54 Å². The summed E-state index contributed by atoms with van der Waals surface area (Å²) in [5, 5.41) is 6.75. The van der Waals surface area contributed by atoms with Gasteiger partial charge >= 0.3 is 0 Å². The minimum Gasteiger partial charge on any atom is -0.372 e. The summed E-state index contributed by atoms with van der Waals surface area (Å²) in [4.78, 5) is 6.77. The maximum atomic E-state index is 4.27. The van der Waals surface area contributed by atoms with Gasteiger partial charge in [-0.1, -0.05) is 19.1 Å². The number of anilines is 1. The normalized spacial score (nSPS) is 17.3. The van der Waals surface area contributed by atoms with Gasteiger partial charge in [-0.2, -0.15) is 0 Å². The van der Waals surface area contributed by atoms with Crippen molar-refractivity contribution in [1.29, 1.82) is 0 Å². The molecule has 4 nitrogen and oxygen atoms in total. The van der Waals surface area contributed by atoms with E-state index in [9.17, 15) is 0 Å². The number of nitrogens with one attached hydrogen (secondary N) is 2. The molecule has 2 N–H and O–H groups in total. The fourth-order valence-electron chi connectivity index (χ4n) is 2.81. The number of rotatable bonds is 3. The van der Waals surface area contributed by atoms with Crippen LogP contribution in [0.25, 0.3) is 0 Å². The molecule has 1 saturated heterocycles. The third-order valence-electron chi connectivity index (χ3n) is 4.26. The van der Waals surface area contributed by atoms with Crippen molar-refractivity contribution in [3.63, 3.8) is 0 Å². The second-order valence-electron chi connectivity index (χ2n) is 7.64.